The summed E-state index contributed by atoms with van der Waals surface area (Å²) < 4.78 is 4.42. The van der Waals surface area contributed by atoms with Gasteiger partial charge in [-0.3, -0.25) is 14.4 Å². The van der Waals surface area contributed by atoms with E-state index < -0.39 is 17.5 Å². The summed E-state index contributed by atoms with van der Waals surface area (Å²) in [6.45, 7) is 0. The summed E-state index contributed by atoms with van der Waals surface area (Å²) in [7, 11) is 1.28. The SMILES string of the molecule is COC(=O)CCC#CC(=O)C(=O)c1ccccc1. The molecule has 0 aliphatic rings. The van der Waals surface area contributed by atoms with Crippen LogP contribution in [-0.2, 0) is 14.3 Å². The molecule has 0 amide bonds. The van der Waals surface area contributed by atoms with E-state index in [-0.39, 0.29) is 12.8 Å². The monoisotopic (exact) mass is 244 g/mol. The van der Waals surface area contributed by atoms with Gasteiger partial charge < -0.3 is 4.74 Å². The average molecular weight is 244 g/mol. The van der Waals surface area contributed by atoms with Crippen LogP contribution in [0, 0.1) is 11.8 Å². The van der Waals surface area contributed by atoms with Gasteiger partial charge in [0, 0.05) is 12.0 Å². The Kier molecular flexibility index (Phi) is 5.33. The van der Waals surface area contributed by atoms with Gasteiger partial charge in [-0.2, -0.15) is 0 Å². The number of ether oxygens (including phenoxy) is 1. The van der Waals surface area contributed by atoms with Crippen molar-refractivity contribution >= 4 is 17.5 Å². The molecule has 0 saturated heterocycles. The maximum atomic E-state index is 11.6. The summed E-state index contributed by atoms with van der Waals surface area (Å²) in [4.78, 5) is 33.8. The van der Waals surface area contributed by atoms with Crippen LogP contribution >= 0.6 is 0 Å². The molecule has 0 saturated carbocycles. The summed E-state index contributed by atoms with van der Waals surface area (Å²) in [6, 6.07) is 8.20. The number of hydrogen-bond donors (Lipinski definition) is 0. The number of methoxy groups -OCH3 is 1. The number of Topliss-reactive ketones (excluding diaryl/α,β-unsaturated/α-hetero) is 2. The maximum absolute atomic E-state index is 11.6. The summed E-state index contributed by atoms with van der Waals surface area (Å²) in [6.07, 6.45) is 0.302. The molecule has 1 aromatic carbocycles. The van der Waals surface area contributed by atoms with Crippen LogP contribution in [0.25, 0.3) is 0 Å². The molecule has 0 radical (unpaired) electrons. The third-order valence-electron chi connectivity index (χ3n) is 2.13. The molecular weight excluding hydrogens is 232 g/mol. The second kappa shape index (κ2) is 7.02. The van der Waals surface area contributed by atoms with E-state index in [0.29, 0.717) is 5.56 Å². The Hall–Kier alpha value is -2.41. The van der Waals surface area contributed by atoms with Gasteiger partial charge in [0.1, 0.15) is 0 Å². The molecule has 0 N–H and O–H groups in total. The maximum Gasteiger partial charge on any atom is 0.306 e. The molecule has 0 aromatic heterocycles. The Balaban J connectivity index is 2.54. The Labute approximate surface area is 105 Å². The van der Waals surface area contributed by atoms with Gasteiger partial charge in [0.25, 0.3) is 5.78 Å². The lowest BCUT2D eigenvalue weighted by molar-refractivity contribution is -0.140. The van der Waals surface area contributed by atoms with Crippen LogP contribution < -0.4 is 0 Å². The second-order valence-electron chi connectivity index (χ2n) is 3.40. The topological polar surface area (TPSA) is 60.4 Å². The summed E-state index contributed by atoms with van der Waals surface area (Å²) in [5, 5.41) is 0. The molecule has 0 heterocycles. The zero-order chi connectivity index (χ0) is 13.4. The minimum absolute atomic E-state index is 0.107. The van der Waals surface area contributed by atoms with E-state index in [1.54, 1.807) is 30.3 Å². The van der Waals surface area contributed by atoms with Crippen molar-refractivity contribution in [2.24, 2.45) is 0 Å². The molecule has 92 valence electrons. The Morgan fingerprint density at radius 3 is 2.44 bits per heavy atom. The fourth-order valence-corrected chi connectivity index (χ4v) is 1.19. The predicted molar refractivity (Wildman–Crippen MR) is 64.8 cm³/mol. The zero-order valence-corrected chi connectivity index (χ0v) is 9.93. The van der Waals surface area contributed by atoms with Gasteiger partial charge in [-0.1, -0.05) is 36.3 Å². The molecule has 0 spiro atoms. The summed E-state index contributed by atoms with van der Waals surface area (Å²) >= 11 is 0. The number of ketones is 2. The number of carbonyl (C=O) groups excluding carboxylic acids is 3. The molecule has 0 unspecified atom stereocenters. The molecule has 4 nitrogen and oxygen atoms in total. The van der Waals surface area contributed by atoms with Crippen molar-refractivity contribution in [3.63, 3.8) is 0 Å². The fourth-order valence-electron chi connectivity index (χ4n) is 1.19. The van der Waals surface area contributed by atoms with Gasteiger partial charge in [0.2, 0.25) is 5.78 Å². The van der Waals surface area contributed by atoms with Crippen LogP contribution in [0.2, 0.25) is 0 Å². The number of benzene rings is 1. The molecule has 1 aromatic rings. The highest BCUT2D eigenvalue weighted by molar-refractivity contribution is 6.49. The molecule has 1 rings (SSSR count). The third-order valence-corrected chi connectivity index (χ3v) is 2.13. The smallest absolute Gasteiger partial charge is 0.306 e. The standard InChI is InChI=1S/C14H12O4/c1-18-13(16)10-6-5-9-12(15)14(17)11-7-3-2-4-8-11/h2-4,7-8H,6,10H2,1H3. The predicted octanol–water partition coefficient (Wildman–Crippen LogP) is 1.40. The van der Waals surface area contributed by atoms with Crippen molar-refractivity contribution in [1.82, 2.24) is 0 Å². The van der Waals surface area contributed by atoms with E-state index in [2.05, 4.69) is 16.6 Å². The molecule has 4 heteroatoms. The van der Waals surface area contributed by atoms with E-state index in [1.165, 1.54) is 7.11 Å². The lowest BCUT2D eigenvalue weighted by Crippen LogP contribution is -2.11. The van der Waals surface area contributed by atoms with Gasteiger partial charge in [-0.05, 0) is 5.92 Å². The van der Waals surface area contributed by atoms with Gasteiger partial charge in [-0.25, -0.2) is 0 Å². The average Bonchev–Trinajstić information content (AvgIpc) is 2.43. The quantitative estimate of drug-likeness (QED) is 0.264. The lowest BCUT2D eigenvalue weighted by atomic mass is 10.1. The normalized spacial score (nSPS) is 8.94. The van der Waals surface area contributed by atoms with Gasteiger partial charge in [0.15, 0.2) is 0 Å². The molecule has 0 fully saturated rings. The minimum Gasteiger partial charge on any atom is -0.469 e. The molecule has 0 bridgehead atoms. The van der Waals surface area contributed by atoms with E-state index in [0.717, 1.165) is 0 Å². The van der Waals surface area contributed by atoms with Crippen LogP contribution in [0.5, 0.6) is 0 Å². The van der Waals surface area contributed by atoms with Gasteiger partial charge in [-0.15, -0.1) is 0 Å². The first-order chi connectivity index (χ1) is 8.65. The Morgan fingerprint density at radius 2 is 1.83 bits per heavy atom. The Bertz CT molecular complexity index is 506. The number of rotatable bonds is 4. The van der Waals surface area contributed by atoms with Crippen LogP contribution in [0.4, 0.5) is 0 Å². The molecule has 0 aliphatic heterocycles. The first-order valence-corrected chi connectivity index (χ1v) is 5.34. The van der Waals surface area contributed by atoms with Gasteiger partial charge in [0.05, 0.1) is 13.5 Å². The molecule has 0 atom stereocenters. The third kappa shape index (κ3) is 4.22. The summed E-state index contributed by atoms with van der Waals surface area (Å²) in [5.74, 6) is 2.89. The number of carbonyl (C=O) groups is 3. The Morgan fingerprint density at radius 1 is 1.17 bits per heavy atom. The second-order valence-corrected chi connectivity index (χ2v) is 3.40. The van der Waals surface area contributed by atoms with Gasteiger partial charge >= 0.3 is 5.97 Å². The fraction of sp³-hybridized carbons (Fsp3) is 0.214. The van der Waals surface area contributed by atoms with Crippen molar-refractivity contribution in [3.05, 3.63) is 35.9 Å². The van der Waals surface area contributed by atoms with Crippen molar-refractivity contribution in [3.8, 4) is 11.8 Å². The van der Waals surface area contributed by atoms with E-state index in [1.807, 2.05) is 0 Å². The summed E-state index contributed by atoms with van der Waals surface area (Å²) in [5.41, 5.74) is 0.310. The van der Waals surface area contributed by atoms with Crippen LogP contribution in [-0.4, -0.2) is 24.6 Å². The minimum atomic E-state index is -0.772. The van der Waals surface area contributed by atoms with Crippen LogP contribution in [0.15, 0.2) is 30.3 Å². The molecule has 18 heavy (non-hydrogen) atoms. The van der Waals surface area contributed by atoms with E-state index in [9.17, 15) is 14.4 Å². The van der Waals surface area contributed by atoms with Crippen molar-refractivity contribution in [1.29, 1.82) is 0 Å². The highest BCUT2D eigenvalue weighted by atomic mass is 16.5. The number of esters is 1. The largest absolute Gasteiger partial charge is 0.469 e. The van der Waals surface area contributed by atoms with Crippen LogP contribution in [0.1, 0.15) is 23.2 Å². The highest BCUT2D eigenvalue weighted by Gasteiger charge is 2.12. The zero-order valence-electron chi connectivity index (χ0n) is 9.93. The van der Waals surface area contributed by atoms with E-state index >= 15 is 0 Å². The van der Waals surface area contributed by atoms with E-state index in [4.69, 9.17) is 0 Å². The van der Waals surface area contributed by atoms with Crippen molar-refractivity contribution in [2.45, 2.75) is 12.8 Å². The van der Waals surface area contributed by atoms with Crippen molar-refractivity contribution < 1.29 is 19.1 Å². The first kappa shape index (κ1) is 13.7. The van der Waals surface area contributed by atoms with Crippen LogP contribution in [0.3, 0.4) is 0 Å². The molecular formula is C14H12O4. The first-order valence-electron chi connectivity index (χ1n) is 5.34. The lowest BCUT2D eigenvalue weighted by Gasteiger charge is -1.94. The van der Waals surface area contributed by atoms with Crippen molar-refractivity contribution in [2.75, 3.05) is 7.11 Å². The highest BCUT2D eigenvalue weighted by Crippen LogP contribution is 2.00. The number of hydrogen-bond acceptors (Lipinski definition) is 4. The molecule has 0 aliphatic carbocycles.